The van der Waals surface area contributed by atoms with E-state index in [0.717, 1.165) is 11.8 Å². The molecule has 0 spiro atoms. The Balaban J connectivity index is 2.40. The molecule has 0 aliphatic carbocycles. The largest absolute Gasteiger partial charge is 0.430 e. The second-order valence-corrected chi connectivity index (χ2v) is 3.76. The van der Waals surface area contributed by atoms with Gasteiger partial charge in [-0.05, 0) is 0 Å². The van der Waals surface area contributed by atoms with Crippen molar-refractivity contribution in [3.8, 4) is 0 Å². The van der Waals surface area contributed by atoms with Gasteiger partial charge in [0, 0.05) is 12.2 Å². The summed E-state index contributed by atoms with van der Waals surface area (Å²) in [5.41, 5.74) is 0. The smallest absolute Gasteiger partial charge is 0.301 e. The topological polar surface area (TPSA) is 47.6 Å². The number of allylic oxidation sites excluding steroid dienone is 1. The first-order valence-electron chi connectivity index (χ1n) is 4.48. The Hall–Kier alpha value is -1.44. The Morgan fingerprint density at radius 3 is 3.00 bits per heavy atom. The summed E-state index contributed by atoms with van der Waals surface area (Å²) in [6.45, 7) is 0. The Bertz CT molecular complexity index is 416. The summed E-state index contributed by atoms with van der Waals surface area (Å²) in [4.78, 5) is 8.26. The second kappa shape index (κ2) is 7.00. The summed E-state index contributed by atoms with van der Waals surface area (Å²) in [5, 5.41) is 3.71. The zero-order valence-electron chi connectivity index (χ0n) is 8.82. The third kappa shape index (κ3) is 4.94. The van der Waals surface area contributed by atoms with E-state index in [1.165, 1.54) is 19.5 Å². The van der Waals surface area contributed by atoms with Gasteiger partial charge >= 0.3 is 6.08 Å². The van der Waals surface area contributed by atoms with Crippen molar-refractivity contribution in [2.75, 3.05) is 12.9 Å². The monoisotopic (exact) mass is 266 g/mol. The number of oxime groups is 1. The molecule has 0 aromatic carbocycles. The van der Waals surface area contributed by atoms with Gasteiger partial charge in [0.25, 0.3) is 5.22 Å². The Morgan fingerprint density at radius 1 is 1.59 bits per heavy atom. The summed E-state index contributed by atoms with van der Waals surface area (Å²) in [6.07, 6.45) is 0.0496. The first-order valence-corrected chi connectivity index (χ1v) is 5.47. The van der Waals surface area contributed by atoms with Crippen molar-refractivity contribution in [1.29, 1.82) is 0 Å². The molecule has 0 unspecified atom stereocenters. The molecule has 0 amide bonds. The number of thioether (sulfide) groups is 1. The summed E-state index contributed by atoms with van der Waals surface area (Å²) in [5.74, 6) is -0.933. The fourth-order valence-corrected chi connectivity index (χ4v) is 1.56. The van der Waals surface area contributed by atoms with Crippen molar-refractivity contribution < 1.29 is 22.4 Å². The van der Waals surface area contributed by atoms with Gasteiger partial charge in [-0.15, -0.1) is 0 Å². The third-order valence-electron chi connectivity index (χ3n) is 1.54. The Kier molecular flexibility index (Phi) is 5.61. The van der Waals surface area contributed by atoms with E-state index in [2.05, 4.69) is 15.0 Å². The van der Waals surface area contributed by atoms with Gasteiger partial charge in [-0.1, -0.05) is 16.9 Å². The third-order valence-corrected chi connectivity index (χ3v) is 2.38. The lowest BCUT2D eigenvalue weighted by Crippen LogP contribution is -1.82. The number of rotatable bonds is 6. The number of aromatic nitrogens is 1. The average molecular weight is 266 g/mol. The zero-order valence-corrected chi connectivity index (χ0v) is 9.64. The molecule has 1 rings (SSSR count). The van der Waals surface area contributed by atoms with Crippen molar-refractivity contribution in [1.82, 2.24) is 4.98 Å². The highest BCUT2D eigenvalue weighted by atomic mass is 32.2. The molecule has 1 heterocycles. The van der Waals surface area contributed by atoms with Crippen LogP contribution in [0, 0.1) is 0 Å². The van der Waals surface area contributed by atoms with Crippen LogP contribution >= 0.6 is 11.8 Å². The van der Waals surface area contributed by atoms with Gasteiger partial charge in [-0.3, -0.25) is 0 Å². The maximum atomic E-state index is 12.4. The second-order valence-electron chi connectivity index (χ2n) is 2.71. The van der Waals surface area contributed by atoms with Crippen LogP contribution in [0.25, 0.3) is 0 Å². The van der Waals surface area contributed by atoms with E-state index in [1.54, 1.807) is 0 Å². The minimum atomic E-state index is -2.29. The van der Waals surface area contributed by atoms with Gasteiger partial charge in [0.05, 0.1) is 6.20 Å². The fourth-order valence-electron chi connectivity index (χ4n) is 0.823. The molecule has 0 N–H and O–H groups in total. The van der Waals surface area contributed by atoms with Crippen LogP contribution in [0.2, 0.25) is 0 Å². The van der Waals surface area contributed by atoms with Crippen LogP contribution in [-0.4, -0.2) is 24.1 Å². The van der Waals surface area contributed by atoms with E-state index in [-0.39, 0.29) is 17.4 Å². The molecule has 0 atom stereocenters. The van der Waals surface area contributed by atoms with Gasteiger partial charge < -0.3 is 9.25 Å². The lowest BCUT2D eigenvalue weighted by molar-refractivity contribution is 0.215. The van der Waals surface area contributed by atoms with E-state index in [4.69, 9.17) is 4.42 Å². The van der Waals surface area contributed by atoms with Crippen LogP contribution in [0.4, 0.5) is 13.2 Å². The number of oxazole rings is 1. The predicted molar refractivity (Wildman–Crippen MR) is 56.8 cm³/mol. The van der Waals surface area contributed by atoms with Crippen molar-refractivity contribution in [3.05, 3.63) is 23.9 Å². The fraction of sp³-hybridized carbons (Fsp3) is 0.333. The molecule has 4 nitrogen and oxygen atoms in total. The van der Waals surface area contributed by atoms with Crippen LogP contribution in [0.15, 0.2) is 32.9 Å². The molecular formula is C9H9F3N2O2S. The quantitative estimate of drug-likeness (QED) is 0.450. The standard InChI is InChI=1S/C9H9F3N2O2S/c1-15-14-5-6-4-13-9(16-6)17-3-2-7(10)8(11)12/h4-5H,2-3H2,1H3/b14-5-. The molecule has 0 aliphatic rings. The highest BCUT2D eigenvalue weighted by Gasteiger charge is 2.07. The molecule has 0 saturated carbocycles. The maximum absolute atomic E-state index is 12.4. The molecule has 0 radical (unpaired) electrons. The lowest BCUT2D eigenvalue weighted by atomic mass is 10.4. The maximum Gasteiger partial charge on any atom is 0.301 e. The SMILES string of the molecule is CO/N=C\c1cnc(SCCC(F)=C(F)F)o1. The average Bonchev–Trinajstić information content (AvgIpc) is 2.74. The van der Waals surface area contributed by atoms with Crippen LogP contribution in [0.5, 0.6) is 0 Å². The highest BCUT2D eigenvalue weighted by molar-refractivity contribution is 7.99. The van der Waals surface area contributed by atoms with Crippen molar-refractivity contribution in [2.45, 2.75) is 11.6 Å². The van der Waals surface area contributed by atoms with E-state index < -0.39 is 11.9 Å². The van der Waals surface area contributed by atoms with Crippen LogP contribution in [0.3, 0.4) is 0 Å². The molecule has 17 heavy (non-hydrogen) atoms. The van der Waals surface area contributed by atoms with Crippen LogP contribution in [-0.2, 0) is 4.84 Å². The summed E-state index contributed by atoms with van der Waals surface area (Å²) in [7, 11) is 1.38. The van der Waals surface area contributed by atoms with Gasteiger partial charge in [0.15, 0.2) is 11.6 Å². The first kappa shape index (κ1) is 13.6. The Morgan fingerprint density at radius 2 is 2.35 bits per heavy atom. The van der Waals surface area contributed by atoms with Crippen molar-refractivity contribution in [3.63, 3.8) is 0 Å². The minimum Gasteiger partial charge on any atom is -0.430 e. The molecular weight excluding hydrogens is 257 g/mol. The summed E-state index contributed by atoms with van der Waals surface area (Å²) >= 11 is 1.03. The predicted octanol–water partition coefficient (Wildman–Crippen LogP) is 3.21. The van der Waals surface area contributed by atoms with E-state index in [0.29, 0.717) is 5.76 Å². The van der Waals surface area contributed by atoms with Crippen molar-refractivity contribution >= 4 is 18.0 Å². The van der Waals surface area contributed by atoms with Crippen LogP contribution in [0.1, 0.15) is 12.2 Å². The van der Waals surface area contributed by atoms with E-state index >= 15 is 0 Å². The van der Waals surface area contributed by atoms with Gasteiger partial charge in [-0.25, -0.2) is 9.37 Å². The molecule has 0 fully saturated rings. The molecule has 0 aliphatic heterocycles. The molecule has 1 aromatic heterocycles. The minimum absolute atomic E-state index is 0.116. The molecule has 8 heteroatoms. The number of hydrogen-bond acceptors (Lipinski definition) is 5. The number of hydrogen-bond donors (Lipinski definition) is 0. The zero-order chi connectivity index (χ0) is 12.7. The summed E-state index contributed by atoms with van der Waals surface area (Å²) in [6, 6.07) is 0. The highest BCUT2D eigenvalue weighted by Crippen LogP contribution is 2.22. The van der Waals surface area contributed by atoms with Crippen molar-refractivity contribution in [2.24, 2.45) is 5.16 Å². The molecule has 0 saturated heterocycles. The molecule has 94 valence electrons. The lowest BCUT2D eigenvalue weighted by Gasteiger charge is -1.94. The van der Waals surface area contributed by atoms with Gasteiger partial charge in [0.1, 0.15) is 13.3 Å². The number of nitrogens with zero attached hydrogens (tertiary/aromatic N) is 2. The van der Waals surface area contributed by atoms with Gasteiger partial charge in [0.2, 0.25) is 0 Å². The molecule has 0 bridgehead atoms. The normalized spacial score (nSPS) is 10.8. The van der Waals surface area contributed by atoms with E-state index in [1.807, 2.05) is 0 Å². The summed E-state index contributed by atoms with van der Waals surface area (Å²) < 4.78 is 41.0. The molecule has 1 aromatic rings. The van der Waals surface area contributed by atoms with E-state index in [9.17, 15) is 13.2 Å². The van der Waals surface area contributed by atoms with Crippen LogP contribution < -0.4 is 0 Å². The number of halogens is 3. The Labute approximate surface area is 99.5 Å². The van der Waals surface area contributed by atoms with Gasteiger partial charge in [-0.2, -0.15) is 8.78 Å². The first-order chi connectivity index (χ1) is 8.13.